The Kier molecular flexibility index (Phi) is 6.45. The normalized spacial score (nSPS) is 15.8. The van der Waals surface area contributed by atoms with Crippen molar-refractivity contribution < 1.29 is 27.6 Å². The standard InChI is InChI=1S/C18H17F3N6O3/c19-11-8-10(9-12(20)15(11)21)27-16(29)13(26-18(27)30)2-3-14(28)22-6-7-25-17-23-4-1-5-24-17/h1,4-5,8-9,13H,2-3,6-7H2,(H,22,28)(H,26,30)(H,23,24,25). The van der Waals surface area contributed by atoms with Gasteiger partial charge in [0.1, 0.15) is 6.04 Å². The highest BCUT2D eigenvalue weighted by Gasteiger charge is 2.39. The maximum absolute atomic E-state index is 13.4. The van der Waals surface area contributed by atoms with Gasteiger partial charge in [-0.3, -0.25) is 9.59 Å². The summed E-state index contributed by atoms with van der Waals surface area (Å²) in [5.74, 6) is -5.48. The zero-order valence-corrected chi connectivity index (χ0v) is 15.5. The van der Waals surface area contributed by atoms with Crippen molar-refractivity contribution in [2.75, 3.05) is 23.3 Å². The first-order valence-corrected chi connectivity index (χ1v) is 8.93. The minimum absolute atomic E-state index is 0.0196. The van der Waals surface area contributed by atoms with Gasteiger partial charge in [0.15, 0.2) is 17.5 Å². The van der Waals surface area contributed by atoms with E-state index in [2.05, 4.69) is 25.9 Å². The van der Waals surface area contributed by atoms with E-state index in [0.717, 1.165) is 0 Å². The third-order valence-corrected chi connectivity index (χ3v) is 4.20. The lowest BCUT2D eigenvalue weighted by molar-refractivity contribution is -0.121. The fourth-order valence-electron chi connectivity index (χ4n) is 2.77. The van der Waals surface area contributed by atoms with Gasteiger partial charge in [-0.2, -0.15) is 0 Å². The van der Waals surface area contributed by atoms with Crippen LogP contribution >= 0.6 is 0 Å². The quantitative estimate of drug-likeness (QED) is 0.336. The maximum Gasteiger partial charge on any atom is 0.329 e. The molecule has 30 heavy (non-hydrogen) atoms. The predicted molar refractivity (Wildman–Crippen MR) is 98.9 cm³/mol. The molecule has 1 aromatic heterocycles. The van der Waals surface area contributed by atoms with Crippen molar-refractivity contribution in [3.63, 3.8) is 0 Å². The Morgan fingerprint density at radius 1 is 1.10 bits per heavy atom. The molecule has 0 bridgehead atoms. The number of nitrogens with zero attached hydrogens (tertiary/aromatic N) is 3. The van der Waals surface area contributed by atoms with E-state index in [-0.39, 0.29) is 25.3 Å². The van der Waals surface area contributed by atoms with E-state index in [1.165, 1.54) is 0 Å². The number of nitrogens with one attached hydrogen (secondary N) is 3. The number of hydrogen-bond donors (Lipinski definition) is 3. The van der Waals surface area contributed by atoms with Crippen molar-refractivity contribution in [2.45, 2.75) is 18.9 Å². The Balaban J connectivity index is 1.47. The average molecular weight is 422 g/mol. The van der Waals surface area contributed by atoms with Crippen LogP contribution < -0.4 is 20.9 Å². The molecule has 0 saturated carbocycles. The average Bonchev–Trinajstić information content (AvgIpc) is 3.01. The number of hydrogen-bond acceptors (Lipinski definition) is 6. The van der Waals surface area contributed by atoms with Gasteiger partial charge in [-0.25, -0.2) is 32.8 Å². The number of amides is 4. The summed E-state index contributed by atoms with van der Waals surface area (Å²) < 4.78 is 39.9. The van der Waals surface area contributed by atoms with E-state index in [1.807, 2.05) is 0 Å². The van der Waals surface area contributed by atoms with Gasteiger partial charge in [0.2, 0.25) is 11.9 Å². The largest absolute Gasteiger partial charge is 0.354 e. The van der Waals surface area contributed by atoms with Crippen LogP contribution in [0.1, 0.15) is 12.8 Å². The second-order valence-corrected chi connectivity index (χ2v) is 6.29. The maximum atomic E-state index is 13.4. The van der Waals surface area contributed by atoms with Gasteiger partial charge < -0.3 is 16.0 Å². The van der Waals surface area contributed by atoms with Crippen LogP contribution in [0.5, 0.6) is 0 Å². The smallest absolute Gasteiger partial charge is 0.329 e. The number of anilines is 2. The molecule has 1 fully saturated rings. The fraction of sp³-hybridized carbons (Fsp3) is 0.278. The van der Waals surface area contributed by atoms with E-state index >= 15 is 0 Å². The topological polar surface area (TPSA) is 116 Å². The van der Waals surface area contributed by atoms with Crippen molar-refractivity contribution in [1.29, 1.82) is 0 Å². The molecular formula is C18H17F3N6O3. The SMILES string of the molecule is O=C(CCC1NC(=O)N(c2cc(F)c(F)c(F)c2)C1=O)NCCNc1ncccn1. The third-order valence-electron chi connectivity index (χ3n) is 4.20. The Hall–Kier alpha value is -3.70. The Morgan fingerprint density at radius 3 is 2.43 bits per heavy atom. The molecular weight excluding hydrogens is 405 g/mol. The van der Waals surface area contributed by atoms with Gasteiger partial charge in [-0.05, 0) is 12.5 Å². The first kappa shape index (κ1) is 21.0. The molecule has 1 aliphatic heterocycles. The number of benzene rings is 1. The van der Waals surface area contributed by atoms with E-state index in [9.17, 15) is 27.6 Å². The summed E-state index contributed by atoms with van der Waals surface area (Å²) in [4.78, 5) is 44.8. The van der Waals surface area contributed by atoms with E-state index < -0.39 is 41.1 Å². The van der Waals surface area contributed by atoms with Crippen LogP contribution in [-0.4, -0.2) is 46.9 Å². The zero-order valence-electron chi connectivity index (χ0n) is 15.5. The number of carbonyl (C=O) groups is 3. The van der Waals surface area contributed by atoms with Crippen LogP contribution in [0.4, 0.5) is 29.6 Å². The highest BCUT2D eigenvalue weighted by molar-refractivity contribution is 6.21. The summed E-state index contributed by atoms with van der Waals surface area (Å²) in [5, 5.41) is 7.88. The molecule has 2 aromatic rings. The van der Waals surface area contributed by atoms with Crippen molar-refractivity contribution in [3.05, 3.63) is 48.0 Å². The summed E-state index contributed by atoms with van der Waals surface area (Å²) in [6, 6.07) is 0.807. The van der Waals surface area contributed by atoms with E-state index in [0.29, 0.717) is 29.5 Å². The van der Waals surface area contributed by atoms with Crippen LogP contribution in [0, 0.1) is 17.5 Å². The number of urea groups is 1. The zero-order chi connectivity index (χ0) is 21.7. The van der Waals surface area contributed by atoms with Crippen LogP contribution in [0.2, 0.25) is 0 Å². The minimum atomic E-state index is -1.70. The lowest BCUT2D eigenvalue weighted by Gasteiger charge is -2.13. The second-order valence-electron chi connectivity index (χ2n) is 6.29. The molecule has 9 nitrogen and oxygen atoms in total. The lowest BCUT2D eigenvalue weighted by Crippen LogP contribution is -2.34. The van der Waals surface area contributed by atoms with Crippen molar-refractivity contribution >= 4 is 29.5 Å². The molecule has 1 atom stereocenters. The summed E-state index contributed by atoms with van der Waals surface area (Å²) in [6.45, 7) is 0.659. The number of halogens is 3. The molecule has 3 rings (SSSR count). The highest BCUT2D eigenvalue weighted by Crippen LogP contribution is 2.25. The summed E-state index contributed by atoms with van der Waals surface area (Å²) in [7, 11) is 0. The Bertz CT molecular complexity index is 936. The van der Waals surface area contributed by atoms with Crippen molar-refractivity contribution in [1.82, 2.24) is 20.6 Å². The minimum Gasteiger partial charge on any atom is -0.354 e. The fourth-order valence-corrected chi connectivity index (χ4v) is 2.77. The van der Waals surface area contributed by atoms with Gasteiger partial charge in [-0.15, -0.1) is 0 Å². The molecule has 3 N–H and O–H groups in total. The number of carbonyl (C=O) groups excluding carboxylic acids is 3. The van der Waals surface area contributed by atoms with Gasteiger partial charge in [-0.1, -0.05) is 0 Å². The molecule has 1 aliphatic rings. The van der Waals surface area contributed by atoms with E-state index in [1.54, 1.807) is 18.5 Å². The molecule has 1 aromatic carbocycles. The molecule has 1 unspecified atom stereocenters. The lowest BCUT2D eigenvalue weighted by atomic mass is 10.1. The molecule has 158 valence electrons. The first-order valence-electron chi connectivity index (χ1n) is 8.93. The molecule has 0 spiro atoms. The van der Waals surface area contributed by atoms with E-state index in [4.69, 9.17) is 0 Å². The molecule has 0 aliphatic carbocycles. The number of aromatic nitrogens is 2. The summed E-state index contributed by atoms with van der Waals surface area (Å²) >= 11 is 0. The number of imide groups is 1. The summed E-state index contributed by atoms with van der Waals surface area (Å²) in [6.07, 6.45) is 3.05. The Labute approximate surface area is 168 Å². The molecule has 12 heteroatoms. The highest BCUT2D eigenvalue weighted by atomic mass is 19.2. The van der Waals surface area contributed by atoms with Crippen molar-refractivity contribution in [2.24, 2.45) is 0 Å². The first-order chi connectivity index (χ1) is 14.4. The molecule has 1 saturated heterocycles. The molecule has 4 amide bonds. The summed E-state index contributed by atoms with van der Waals surface area (Å²) in [5.41, 5.74) is -0.435. The van der Waals surface area contributed by atoms with Gasteiger partial charge in [0.25, 0.3) is 5.91 Å². The third kappa shape index (κ3) is 4.82. The van der Waals surface area contributed by atoms with Crippen LogP contribution in [-0.2, 0) is 9.59 Å². The van der Waals surface area contributed by atoms with Gasteiger partial charge in [0.05, 0.1) is 5.69 Å². The van der Waals surface area contributed by atoms with Gasteiger partial charge >= 0.3 is 6.03 Å². The van der Waals surface area contributed by atoms with Crippen LogP contribution in [0.15, 0.2) is 30.6 Å². The number of rotatable bonds is 8. The molecule has 2 heterocycles. The van der Waals surface area contributed by atoms with Gasteiger partial charge in [0, 0.05) is 44.0 Å². The van der Waals surface area contributed by atoms with Crippen LogP contribution in [0.25, 0.3) is 0 Å². The van der Waals surface area contributed by atoms with Crippen molar-refractivity contribution in [3.8, 4) is 0 Å². The Morgan fingerprint density at radius 2 is 1.77 bits per heavy atom. The predicted octanol–water partition coefficient (Wildman–Crippen LogP) is 1.33. The second kappa shape index (κ2) is 9.20. The molecule has 0 radical (unpaired) electrons. The van der Waals surface area contributed by atoms with Crippen LogP contribution in [0.3, 0.4) is 0 Å². The monoisotopic (exact) mass is 422 g/mol.